The second kappa shape index (κ2) is 6.85. The van der Waals surface area contributed by atoms with Gasteiger partial charge in [-0.1, -0.05) is 6.07 Å². The minimum absolute atomic E-state index is 0.0900. The lowest BCUT2D eigenvalue weighted by molar-refractivity contribution is -0.120. The van der Waals surface area contributed by atoms with E-state index in [1.165, 1.54) is 12.1 Å². The van der Waals surface area contributed by atoms with Crippen molar-refractivity contribution in [3.8, 4) is 0 Å². The van der Waals surface area contributed by atoms with E-state index in [4.69, 9.17) is 12.2 Å². The number of benzene rings is 1. The summed E-state index contributed by atoms with van der Waals surface area (Å²) >= 11 is 4.76. The summed E-state index contributed by atoms with van der Waals surface area (Å²) in [6.07, 6.45) is 0.674. The molecule has 2 aromatic rings. The fraction of sp³-hybridized carbons (Fsp3) is 0.0769. The Morgan fingerprint density at radius 3 is 2.64 bits per heavy atom. The molecule has 0 bridgehead atoms. The fourth-order valence-electron chi connectivity index (χ4n) is 1.63. The Kier molecular flexibility index (Phi) is 4.89. The molecule has 0 saturated heterocycles. The van der Waals surface area contributed by atoms with Gasteiger partial charge >= 0.3 is 0 Å². The van der Waals surface area contributed by atoms with Gasteiger partial charge in [0.05, 0.1) is 18.2 Å². The van der Waals surface area contributed by atoms with E-state index in [2.05, 4.69) is 20.5 Å². The highest BCUT2D eigenvalue weighted by Gasteiger charge is 2.06. The molecule has 1 aromatic heterocycles. The van der Waals surface area contributed by atoms with Crippen LogP contribution in [-0.2, 0) is 11.2 Å². The van der Waals surface area contributed by atoms with E-state index in [0.717, 1.165) is 18.3 Å². The molecule has 0 aliphatic heterocycles. The van der Waals surface area contributed by atoms with Crippen molar-refractivity contribution in [1.29, 1.82) is 0 Å². The van der Waals surface area contributed by atoms with Crippen molar-refractivity contribution in [3.05, 3.63) is 62.3 Å². The zero-order valence-corrected chi connectivity index (χ0v) is 11.8. The van der Waals surface area contributed by atoms with Crippen LogP contribution in [0, 0.1) is 16.4 Å². The third-order valence-electron chi connectivity index (χ3n) is 2.55. The van der Waals surface area contributed by atoms with E-state index < -0.39 is 23.1 Å². The summed E-state index contributed by atoms with van der Waals surface area (Å²) in [7, 11) is 0. The van der Waals surface area contributed by atoms with E-state index >= 15 is 0 Å². The molecule has 0 radical (unpaired) electrons. The highest BCUT2D eigenvalue weighted by Crippen LogP contribution is 2.08. The molecule has 0 aliphatic rings. The van der Waals surface area contributed by atoms with Crippen molar-refractivity contribution in [2.45, 2.75) is 6.42 Å². The molecule has 0 saturated carbocycles. The van der Waals surface area contributed by atoms with Crippen molar-refractivity contribution in [2.24, 2.45) is 5.10 Å². The Morgan fingerprint density at radius 1 is 1.32 bits per heavy atom. The number of carbonyl (C=O) groups excluding carboxylic acids is 1. The van der Waals surface area contributed by atoms with Gasteiger partial charge in [0.1, 0.15) is 11.6 Å². The number of carbonyl (C=O) groups is 1. The Bertz CT molecular complexity index is 796. The van der Waals surface area contributed by atoms with Gasteiger partial charge in [0.15, 0.2) is 4.77 Å². The lowest BCUT2D eigenvalue weighted by Crippen LogP contribution is -2.22. The van der Waals surface area contributed by atoms with Crippen LogP contribution in [0.5, 0.6) is 0 Å². The first kappa shape index (κ1) is 15.7. The fourth-order valence-corrected chi connectivity index (χ4v) is 1.86. The average Bonchev–Trinajstić information content (AvgIpc) is 2.41. The second-order valence-corrected chi connectivity index (χ2v) is 4.63. The summed E-state index contributed by atoms with van der Waals surface area (Å²) < 4.78 is 26.7. The number of hydrogen-bond donors (Lipinski definition) is 3. The molecular weight excluding hydrogens is 314 g/mol. The Labute approximate surface area is 127 Å². The number of hydrogen-bond acceptors (Lipinski definition) is 4. The summed E-state index contributed by atoms with van der Waals surface area (Å²) in [5.41, 5.74) is 1.59. The molecule has 3 N–H and O–H groups in total. The van der Waals surface area contributed by atoms with E-state index in [9.17, 15) is 18.4 Å². The Hall–Kier alpha value is -2.68. The van der Waals surface area contributed by atoms with E-state index in [1.807, 2.05) is 0 Å². The molecule has 1 aromatic carbocycles. The summed E-state index contributed by atoms with van der Waals surface area (Å²) in [6, 6.07) is 4.54. The molecule has 22 heavy (non-hydrogen) atoms. The molecule has 0 unspecified atom stereocenters. The topological polar surface area (TPSA) is 90.1 Å². The van der Waals surface area contributed by atoms with Crippen LogP contribution in [-0.4, -0.2) is 22.1 Å². The maximum atomic E-state index is 13.3. The van der Waals surface area contributed by atoms with E-state index in [0.29, 0.717) is 5.69 Å². The summed E-state index contributed by atoms with van der Waals surface area (Å²) in [5, 5.41) is 3.47. The number of nitrogens with zero attached hydrogens (tertiary/aromatic N) is 1. The van der Waals surface area contributed by atoms with Crippen LogP contribution in [0.3, 0.4) is 0 Å². The Balaban J connectivity index is 2.02. The Morgan fingerprint density at radius 2 is 2.00 bits per heavy atom. The molecule has 1 heterocycles. The van der Waals surface area contributed by atoms with Crippen LogP contribution in [0.1, 0.15) is 11.3 Å². The predicted octanol–water partition coefficient (Wildman–Crippen LogP) is 1.40. The summed E-state index contributed by atoms with van der Waals surface area (Å²) in [6.45, 7) is 0. The molecule has 0 spiro atoms. The van der Waals surface area contributed by atoms with E-state index in [1.54, 1.807) is 0 Å². The van der Waals surface area contributed by atoms with Crippen molar-refractivity contribution in [1.82, 2.24) is 15.4 Å². The normalized spacial score (nSPS) is 10.8. The average molecular weight is 324 g/mol. The van der Waals surface area contributed by atoms with Crippen molar-refractivity contribution in [3.63, 3.8) is 0 Å². The van der Waals surface area contributed by atoms with Gasteiger partial charge in [-0.3, -0.25) is 14.6 Å². The second-order valence-electron chi connectivity index (χ2n) is 4.22. The third kappa shape index (κ3) is 4.16. The van der Waals surface area contributed by atoms with Gasteiger partial charge in [-0.25, -0.2) is 14.2 Å². The van der Waals surface area contributed by atoms with Crippen molar-refractivity contribution >= 4 is 24.3 Å². The van der Waals surface area contributed by atoms with Crippen LogP contribution in [0.15, 0.2) is 34.2 Å². The lowest BCUT2D eigenvalue weighted by Gasteiger charge is -2.01. The van der Waals surface area contributed by atoms with Gasteiger partial charge < -0.3 is 4.98 Å². The number of nitrogens with one attached hydrogen (secondary N) is 3. The number of aromatic amines is 2. The van der Waals surface area contributed by atoms with Gasteiger partial charge in [-0.2, -0.15) is 5.10 Å². The van der Waals surface area contributed by atoms with Crippen LogP contribution >= 0.6 is 12.2 Å². The van der Waals surface area contributed by atoms with Crippen LogP contribution in [0.25, 0.3) is 0 Å². The molecule has 0 fully saturated rings. The third-order valence-corrected chi connectivity index (χ3v) is 2.75. The highest BCUT2D eigenvalue weighted by molar-refractivity contribution is 7.71. The number of hydrazone groups is 1. The standard InChI is InChI=1S/C13H10F2N4O2S/c14-9-2-1-3-10(15)8(9)6-16-19-12(21)5-7-4-11(20)18-13(22)17-7/h1-4,6H,5H2,(H,19,21)(H2,17,18,20,22)/b16-6-. The SMILES string of the molecule is O=C(Cc1cc(=O)[nH]c(=S)[nH]1)N/N=C\c1c(F)cccc1F. The molecule has 9 heteroatoms. The van der Waals surface area contributed by atoms with Gasteiger partial charge in [-0.05, 0) is 24.4 Å². The first-order valence-corrected chi connectivity index (χ1v) is 6.45. The van der Waals surface area contributed by atoms with Gasteiger partial charge in [0.25, 0.3) is 5.56 Å². The first-order valence-electron chi connectivity index (χ1n) is 6.04. The highest BCUT2D eigenvalue weighted by atomic mass is 32.1. The van der Waals surface area contributed by atoms with Gasteiger partial charge in [0.2, 0.25) is 5.91 Å². The number of H-pyrrole nitrogens is 2. The number of halogens is 2. The maximum Gasteiger partial charge on any atom is 0.251 e. The minimum Gasteiger partial charge on any atom is -0.335 e. The van der Waals surface area contributed by atoms with Crippen LogP contribution in [0.4, 0.5) is 8.78 Å². The molecule has 2 rings (SSSR count). The van der Waals surface area contributed by atoms with Gasteiger partial charge in [0, 0.05) is 11.8 Å². The smallest absolute Gasteiger partial charge is 0.251 e. The zero-order valence-electron chi connectivity index (χ0n) is 11.0. The molecular formula is C13H10F2N4O2S. The van der Waals surface area contributed by atoms with Crippen LogP contribution < -0.4 is 11.0 Å². The number of aromatic nitrogens is 2. The van der Waals surface area contributed by atoms with Crippen LogP contribution in [0.2, 0.25) is 0 Å². The monoisotopic (exact) mass is 324 g/mol. The molecule has 114 valence electrons. The predicted molar refractivity (Wildman–Crippen MR) is 78.0 cm³/mol. The number of rotatable bonds is 4. The molecule has 0 aliphatic carbocycles. The number of amides is 1. The van der Waals surface area contributed by atoms with Gasteiger partial charge in [-0.15, -0.1) is 0 Å². The lowest BCUT2D eigenvalue weighted by atomic mass is 10.2. The molecule has 1 amide bonds. The maximum absolute atomic E-state index is 13.3. The molecule has 6 nitrogen and oxygen atoms in total. The first-order chi connectivity index (χ1) is 10.5. The minimum atomic E-state index is -0.795. The largest absolute Gasteiger partial charge is 0.335 e. The van der Waals surface area contributed by atoms with E-state index in [-0.39, 0.29) is 16.8 Å². The summed E-state index contributed by atoms with van der Waals surface area (Å²) in [4.78, 5) is 27.7. The quantitative estimate of drug-likeness (QED) is 0.451. The summed E-state index contributed by atoms with van der Waals surface area (Å²) in [5.74, 6) is -2.17. The zero-order chi connectivity index (χ0) is 16.1. The van der Waals surface area contributed by atoms with Crippen molar-refractivity contribution in [2.75, 3.05) is 0 Å². The molecule has 0 atom stereocenters. The van der Waals surface area contributed by atoms with Crippen molar-refractivity contribution < 1.29 is 13.6 Å².